The first kappa shape index (κ1) is 13.8. The van der Waals surface area contributed by atoms with E-state index in [1.54, 1.807) is 7.05 Å². The lowest BCUT2D eigenvalue weighted by molar-refractivity contribution is 0.444. The first-order valence-electron chi connectivity index (χ1n) is 6.77. The molecule has 0 radical (unpaired) electrons. The molecule has 2 nitrogen and oxygen atoms in total. The third-order valence-electron chi connectivity index (χ3n) is 3.57. The molecule has 0 aliphatic rings. The molecule has 0 aliphatic carbocycles. The van der Waals surface area contributed by atoms with Crippen LogP contribution in [0.25, 0.3) is 11.0 Å². The molecule has 1 unspecified atom stereocenters. The zero-order chi connectivity index (χ0) is 14.8. The van der Waals surface area contributed by atoms with E-state index in [0.717, 1.165) is 23.1 Å². The van der Waals surface area contributed by atoms with E-state index in [1.807, 2.05) is 30.3 Å². The monoisotopic (exact) mass is 287 g/mol. The molecule has 21 heavy (non-hydrogen) atoms. The number of rotatable bonds is 4. The van der Waals surface area contributed by atoms with Crippen LogP contribution in [0, 0.1) is 11.6 Å². The number of nitrogens with one attached hydrogen (secondary N) is 1. The van der Waals surface area contributed by atoms with Gasteiger partial charge in [0.1, 0.15) is 23.0 Å². The molecular formula is C17H15F2NO. The van der Waals surface area contributed by atoms with Crippen molar-refractivity contribution in [2.45, 2.75) is 12.5 Å². The van der Waals surface area contributed by atoms with Crippen LogP contribution in [0.5, 0.6) is 0 Å². The van der Waals surface area contributed by atoms with E-state index in [1.165, 1.54) is 6.07 Å². The molecule has 0 saturated carbocycles. The average Bonchev–Trinajstić information content (AvgIpc) is 2.91. The summed E-state index contributed by atoms with van der Waals surface area (Å²) >= 11 is 0. The average molecular weight is 287 g/mol. The molecular weight excluding hydrogens is 272 g/mol. The number of likely N-dealkylation sites (N-methyl/N-ethyl adjacent to an activating group) is 1. The van der Waals surface area contributed by atoms with Crippen LogP contribution in [0.3, 0.4) is 0 Å². The SMILES string of the molecule is CNC(Cc1cc(F)ccc1F)c1cc2ccccc2o1. The maximum Gasteiger partial charge on any atom is 0.134 e. The van der Waals surface area contributed by atoms with Gasteiger partial charge in [-0.3, -0.25) is 0 Å². The van der Waals surface area contributed by atoms with Crippen LogP contribution in [0.1, 0.15) is 17.4 Å². The van der Waals surface area contributed by atoms with Crippen molar-refractivity contribution >= 4 is 11.0 Å². The number of hydrogen-bond donors (Lipinski definition) is 1. The summed E-state index contributed by atoms with van der Waals surface area (Å²) in [4.78, 5) is 0. The van der Waals surface area contributed by atoms with Gasteiger partial charge in [-0.15, -0.1) is 0 Å². The lowest BCUT2D eigenvalue weighted by Gasteiger charge is -2.14. The van der Waals surface area contributed by atoms with Gasteiger partial charge in [0.05, 0.1) is 6.04 Å². The molecule has 1 atom stereocenters. The molecule has 0 bridgehead atoms. The summed E-state index contributed by atoms with van der Waals surface area (Å²) < 4.78 is 32.8. The highest BCUT2D eigenvalue weighted by Gasteiger charge is 2.17. The Morgan fingerprint density at radius 1 is 1.10 bits per heavy atom. The molecule has 108 valence electrons. The Labute approximate surface area is 121 Å². The van der Waals surface area contributed by atoms with Crippen molar-refractivity contribution in [2.24, 2.45) is 0 Å². The summed E-state index contributed by atoms with van der Waals surface area (Å²) in [6.07, 6.45) is 0.319. The van der Waals surface area contributed by atoms with E-state index >= 15 is 0 Å². The number of benzene rings is 2. The summed E-state index contributed by atoms with van der Waals surface area (Å²) in [7, 11) is 1.77. The van der Waals surface area contributed by atoms with Crippen molar-refractivity contribution < 1.29 is 13.2 Å². The summed E-state index contributed by atoms with van der Waals surface area (Å²) in [5.74, 6) is -0.138. The van der Waals surface area contributed by atoms with Crippen molar-refractivity contribution in [3.8, 4) is 0 Å². The van der Waals surface area contributed by atoms with Crippen LogP contribution >= 0.6 is 0 Å². The molecule has 3 rings (SSSR count). The first-order valence-corrected chi connectivity index (χ1v) is 6.77. The number of fused-ring (bicyclic) bond motifs is 1. The largest absolute Gasteiger partial charge is 0.459 e. The Morgan fingerprint density at radius 3 is 2.67 bits per heavy atom. The molecule has 1 aromatic heterocycles. The fourth-order valence-corrected chi connectivity index (χ4v) is 2.44. The minimum absolute atomic E-state index is 0.214. The van der Waals surface area contributed by atoms with Gasteiger partial charge in [0.25, 0.3) is 0 Å². The molecule has 4 heteroatoms. The van der Waals surface area contributed by atoms with Crippen molar-refractivity contribution in [3.05, 3.63) is 71.5 Å². The molecule has 2 aromatic carbocycles. The second-order valence-corrected chi connectivity index (χ2v) is 4.97. The predicted molar refractivity (Wildman–Crippen MR) is 78.1 cm³/mol. The van der Waals surface area contributed by atoms with Crippen molar-refractivity contribution in [2.75, 3.05) is 7.05 Å². The van der Waals surface area contributed by atoms with Crippen LogP contribution in [-0.4, -0.2) is 7.05 Å². The molecule has 3 aromatic rings. The van der Waals surface area contributed by atoms with Gasteiger partial charge in [0.15, 0.2) is 0 Å². The van der Waals surface area contributed by atoms with Gasteiger partial charge in [-0.05, 0) is 49.4 Å². The molecule has 0 aliphatic heterocycles. The quantitative estimate of drug-likeness (QED) is 0.777. The van der Waals surface area contributed by atoms with Crippen molar-refractivity contribution in [1.82, 2.24) is 5.32 Å². The first-order chi connectivity index (χ1) is 10.2. The summed E-state index contributed by atoms with van der Waals surface area (Å²) in [5.41, 5.74) is 1.11. The molecule has 1 heterocycles. The Morgan fingerprint density at radius 2 is 1.90 bits per heavy atom. The van der Waals surface area contributed by atoms with Crippen LogP contribution in [0.4, 0.5) is 8.78 Å². The van der Waals surface area contributed by atoms with E-state index in [0.29, 0.717) is 17.7 Å². The topological polar surface area (TPSA) is 25.2 Å². The fourth-order valence-electron chi connectivity index (χ4n) is 2.44. The van der Waals surface area contributed by atoms with Crippen molar-refractivity contribution in [1.29, 1.82) is 0 Å². The zero-order valence-corrected chi connectivity index (χ0v) is 11.6. The standard InChI is InChI=1S/C17H15F2NO/c1-20-15(9-12-8-13(18)6-7-14(12)19)17-10-11-4-2-3-5-16(11)21-17/h2-8,10,15,20H,9H2,1H3. The maximum atomic E-state index is 13.8. The Kier molecular flexibility index (Phi) is 3.71. The van der Waals surface area contributed by atoms with E-state index < -0.39 is 11.6 Å². The van der Waals surface area contributed by atoms with E-state index in [9.17, 15) is 8.78 Å². The number of para-hydroxylation sites is 1. The third-order valence-corrected chi connectivity index (χ3v) is 3.57. The number of furan rings is 1. The third kappa shape index (κ3) is 2.81. The Bertz CT molecular complexity index is 733. The molecule has 0 fully saturated rings. The second kappa shape index (κ2) is 5.66. The van der Waals surface area contributed by atoms with Gasteiger partial charge >= 0.3 is 0 Å². The highest BCUT2D eigenvalue weighted by Crippen LogP contribution is 2.26. The number of hydrogen-bond acceptors (Lipinski definition) is 2. The Hall–Kier alpha value is -2.20. The van der Waals surface area contributed by atoms with Gasteiger partial charge in [-0.1, -0.05) is 18.2 Å². The summed E-state index contributed by atoms with van der Waals surface area (Å²) in [5, 5.41) is 4.08. The predicted octanol–water partition coefficient (Wildman–Crippen LogP) is 4.21. The van der Waals surface area contributed by atoms with Gasteiger partial charge in [0, 0.05) is 5.39 Å². The summed E-state index contributed by atoms with van der Waals surface area (Å²) in [6.45, 7) is 0. The van der Waals surface area contributed by atoms with Crippen LogP contribution in [0.2, 0.25) is 0 Å². The van der Waals surface area contributed by atoms with Gasteiger partial charge in [-0.2, -0.15) is 0 Å². The molecule has 0 amide bonds. The van der Waals surface area contributed by atoms with Crippen molar-refractivity contribution in [3.63, 3.8) is 0 Å². The van der Waals surface area contributed by atoms with Crippen LogP contribution < -0.4 is 5.32 Å². The fraction of sp³-hybridized carbons (Fsp3) is 0.176. The normalized spacial score (nSPS) is 12.7. The molecule has 0 saturated heterocycles. The minimum Gasteiger partial charge on any atom is -0.459 e. The van der Waals surface area contributed by atoms with E-state index in [-0.39, 0.29) is 6.04 Å². The lowest BCUT2D eigenvalue weighted by atomic mass is 10.0. The van der Waals surface area contributed by atoms with E-state index in [4.69, 9.17) is 4.42 Å². The van der Waals surface area contributed by atoms with Gasteiger partial charge in [0.2, 0.25) is 0 Å². The lowest BCUT2D eigenvalue weighted by Crippen LogP contribution is -2.18. The Balaban J connectivity index is 1.92. The highest BCUT2D eigenvalue weighted by atomic mass is 19.1. The second-order valence-electron chi connectivity index (χ2n) is 4.97. The molecule has 1 N–H and O–H groups in total. The smallest absolute Gasteiger partial charge is 0.134 e. The van der Waals surface area contributed by atoms with Crippen LogP contribution in [-0.2, 0) is 6.42 Å². The zero-order valence-electron chi connectivity index (χ0n) is 11.6. The van der Waals surface area contributed by atoms with Gasteiger partial charge in [-0.25, -0.2) is 8.78 Å². The van der Waals surface area contributed by atoms with Gasteiger partial charge < -0.3 is 9.73 Å². The minimum atomic E-state index is -0.439. The maximum absolute atomic E-state index is 13.8. The highest BCUT2D eigenvalue weighted by molar-refractivity contribution is 5.77. The van der Waals surface area contributed by atoms with E-state index in [2.05, 4.69) is 5.32 Å². The van der Waals surface area contributed by atoms with Crippen LogP contribution in [0.15, 0.2) is 52.9 Å². The summed E-state index contributed by atoms with van der Waals surface area (Å²) in [6, 6.07) is 12.9. The number of halogens is 2. The molecule has 0 spiro atoms.